The molecule has 3 rings (SSSR count). The Bertz CT molecular complexity index is 1290. The number of rotatable bonds is 19. The van der Waals surface area contributed by atoms with Crippen LogP contribution in [0.15, 0.2) is 73.5 Å². The summed E-state index contributed by atoms with van der Waals surface area (Å²) in [6.07, 6.45) is 13.2. The molecule has 1 aliphatic heterocycles. The van der Waals surface area contributed by atoms with Gasteiger partial charge in [-0.25, -0.2) is 4.79 Å². The van der Waals surface area contributed by atoms with Crippen molar-refractivity contribution in [2.24, 2.45) is 5.92 Å². The smallest absolute Gasteiger partial charge is 0.328 e. The van der Waals surface area contributed by atoms with Gasteiger partial charge in [0.1, 0.15) is 18.4 Å². The van der Waals surface area contributed by atoms with Crippen LogP contribution >= 0.6 is 0 Å². The number of ether oxygens (including phenoxy) is 4. The van der Waals surface area contributed by atoms with Gasteiger partial charge in [-0.15, -0.1) is 0 Å². The topological polar surface area (TPSA) is 69.3 Å². The third-order valence-electron chi connectivity index (χ3n) is 8.86. The maximum atomic E-state index is 12.8. The van der Waals surface area contributed by atoms with Crippen LogP contribution in [-0.2, 0) is 25.4 Å². The van der Waals surface area contributed by atoms with Gasteiger partial charge in [0.15, 0.2) is 0 Å². The van der Waals surface area contributed by atoms with Crippen molar-refractivity contribution in [2.75, 3.05) is 38.9 Å². The Morgan fingerprint density at radius 1 is 0.942 bits per heavy atom. The summed E-state index contributed by atoms with van der Waals surface area (Å²) in [5.41, 5.74) is 5.12. The second-order valence-electron chi connectivity index (χ2n) is 12.4. The largest absolute Gasteiger partial charge is 0.500 e. The predicted molar refractivity (Wildman–Crippen MR) is 223 cm³/mol. The Balaban J connectivity index is 0.00000298. The molecule has 2 aromatic carbocycles. The lowest BCUT2D eigenvalue weighted by molar-refractivity contribution is -0.142. The molecule has 0 amide bonds. The lowest BCUT2D eigenvalue weighted by Gasteiger charge is -2.30. The third-order valence-corrected chi connectivity index (χ3v) is 8.86. The van der Waals surface area contributed by atoms with Gasteiger partial charge in [0.2, 0.25) is 0 Å². The van der Waals surface area contributed by atoms with Crippen molar-refractivity contribution >= 4 is 17.4 Å². The van der Waals surface area contributed by atoms with Crippen LogP contribution in [0.4, 0.5) is 5.69 Å². The molecule has 0 saturated carbocycles. The van der Waals surface area contributed by atoms with Crippen molar-refractivity contribution in [3.05, 3.63) is 90.2 Å². The van der Waals surface area contributed by atoms with Gasteiger partial charge in [0, 0.05) is 30.8 Å². The zero-order valence-electron chi connectivity index (χ0n) is 35.1. The van der Waals surface area contributed by atoms with E-state index in [2.05, 4.69) is 88.7 Å². The molecule has 0 bridgehead atoms. The van der Waals surface area contributed by atoms with Crippen molar-refractivity contribution < 1.29 is 23.7 Å². The summed E-state index contributed by atoms with van der Waals surface area (Å²) in [4.78, 5) is 15.3. The van der Waals surface area contributed by atoms with Crippen molar-refractivity contribution in [3.63, 3.8) is 0 Å². The molecule has 0 spiro atoms. The van der Waals surface area contributed by atoms with E-state index in [1.165, 1.54) is 31.2 Å². The molecular weight excluding hydrogens is 649 g/mol. The minimum Gasteiger partial charge on any atom is -0.500 e. The zero-order valence-corrected chi connectivity index (χ0v) is 35.1. The Morgan fingerprint density at radius 2 is 1.60 bits per heavy atom. The number of hydrogen-bond acceptors (Lipinski definition) is 7. The number of methoxy groups -OCH3 is 2. The van der Waals surface area contributed by atoms with E-state index in [0.29, 0.717) is 37.2 Å². The summed E-state index contributed by atoms with van der Waals surface area (Å²) in [7, 11) is 3.10. The number of carbonyl (C=O) groups is 1. The molecule has 0 aliphatic carbocycles. The second-order valence-corrected chi connectivity index (χ2v) is 12.4. The predicted octanol–water partition coefficient (Wildman–Crippen LogP) is 11.1. The monoisotopic (exact) mass is 723 g/mol. The highest BCUT2D eigenvalue weighted by atomic mass is 16.5. The summed E-state index contributed by atoms with van der Waals surface area (Å²) in [6, 6.07) is 14.0. The van der Waals surface area contributed by atoms with Gasteiger partial charge in [0.25, 0.3) is 0 Å². The van der Waals surface area contributed by atoms with Crippen molar-refractivity contribution in [1.29, 1.82) is 0 Å². The number of nitrogens with zero attached hydrogens (tertiary/aromatic N) is 1. The highest BCUT2D eigenvalue weighted by molar-refractivity contribution is 5.80. The van der Waals surface area contributed by atoms with E-state index in [1.54, 1.807) is 13.4 Å². The Labute approximate surface area is 318 Å². The van der Waals surface area contributed by atoms with Crippen LogP contribution in [0, 0.1) is 5.92 Å². The van der Waals surface area contributed by atoms with E-state index in [-0.39, 0.29) is 18.1 Å². The number of fused-ring (bicyclic) bond motifs is 1. The molecule has 5 unspecified atom stereocenters. The molecule has 294 valence electrons. The standard InChI is InChI=1S/C37H52N2O5.C4H10.2C2H6/c1-9-12-34-36(26(4)11-3)32-18-15-30(25-35(32)39(34)20-23-43-22-19-27(5)41-7)28(6)38-33(37(40)42-8)24-29-13-16-31(17-14-29)44-21-10-2;1-3-4-2;2*1-2/h9,12-19,22,25-27,33-34,36,38H,6,10-11,20-21,23-24H2,1-5,7-8H3;3-4H2,1-2H3;2*1-2H3/b12-9+,22-19+;;;. The average Bonchev–Trinajstić information content (AvgIpc) is 3.49. The quantitative estimate of drug-likeness (QED) is 0.0670. The molecule has 1 aliphatic rings. The normalized spacial score (nSPS) is 16.2. The lowest BCUT2D eigenvalue weighted by atomic mass is 9.82. The van der Waals surface area contributed by atoms with Crippen molar-refractivity contribution in [2.45, 2.75) is 132 Å². The number of esters is 1. The van der Waals surface area contributed by atoms with E-state index >= 15 is 0 Å². The molecule has 1 heterocycles. The van der Waals surface area contributed by atoms with Gasteiger partial charge in [-0.3, -0.25) is 0 Å². The molecule has 2 aromatic rings. The summed E-state index contributed by atoms with van der Waals surface area (Å²) < 4.78 is 22.0. The molecule has 7 heteroatoms. The van der Waals surface area contributed by atoms with Crippen molar-refractivity contribution in [3.8, 4) is 5.75 Å². The number of benzene rings is 2. The molecule has 0 fully saturated rings. The van der Waals surface area contributed by atoms with E-state index < -0.39 is 6.04 Å². The van der Waals surface area contributed by atoms with Gasteiger partial charge in [-0.1, -0.05) is 125 Å². The van der Waals surface area contributed by atoms with E-state index in [0.717, 1.165) is 36.3 Å². The van der Waals surface area contributed by atoms with Crippen LogP contribution in [-0.4, -0.2) is 58.1 Å². The van der Waals surface area contributed by atoms with Crippen LogP contribution in [0.2, 0.25) is 0 Å². The fourth-order valence-electron chi connectivity index (χ4n) is 5.66. The highest BCUT2D eigenvalue weighted by Crippen LogP contribution is 2.47. The van der Waals surface area contributed by atoms with Crippen LogP contribution in [0.25, 0.3) is 5.70 Å². The average molecular weight is 723 g/mol. The molecule has 0 aromatic heterocycles. The summed E-state index contributed by atoms with van der Waals surface area (Å²) >= 11 is 0. The van der Waals surface area contributed by atoms with Gasteiger partial charge < -0.3 is 29.2 Å². The molecule has 52 heavy (non-hydrogen) atoms. The number of unbranched alkanes of at least 4 members (excludes halogenated alkanes) is 1. The molecule has 5 atom stereocenters. The number of hydrogen-bond donors (Lipinski definition) is 1. The zero-order chi connectivity index (χ0) is 39.5. The number of allylic oxidation sites excluding steroid dienone is 1. The van der Waals surface area contributed by atoms with E-state index in [1.807, 2.05) is 65.0 Å². The highest BCUT2D eigenvalue weighted by Gasteiger charge is 2.39. The maximum Gasteiger partial charge on any atom is 0.328 e. The van der Waals surface area contributed by atoms with Crippen molar-refractivity contribution in [1.82, 2.24) is 5.32 Å². The lowest BCUT2D eigenvalue weighted by Crippen LogP contribution is -2.38. The molecule has 1 N–H and O–H groups in total. The first-order valence-corrected chi connectivity index (χ1v) is 19.8. The van der Waals surface area contributed by atoms with Crippen LogP contribution in [0.1, 0.15) is 124 Å². The Kier molecular flexibility index (Phi) is 26.8. The van der Waals surface area contributed by atoms with E-state index in [4.69, 9.17) is 18.9 Å². The van der Waals surface area contributed by atoms with Crippen LogP contribution in [0.5, 0.6) is 5.75 Å². The first-order chi connectivity index (χ1) is 25.2. The minimum atomic E-state index is -0.586. The first kappa shape index (κ1) is 48.3. The van der Waals surface area contributed by atoms with E-state index in [9.17, 15) is 4.79 Å². The third kappa shape index (κ3) is 15.9. The Hall–Kier alpha value is -3.71. The fourth-order valence-corrected chi connectivity index (χ4v) is 5.66. The Morgan fingerprint density at radius 3 is 2.13 bits per heavy atom. The van der Waals surface area contributed by atoms with Gasteiger partial charge in [0.05, 0.1) is 38.7 Å². The molecule has 7 nitrogen and oxygen atoms in total. The minimum absolute atomic E-state index is 0.00197. The molecule has 0 radical (unpaired) electrons. The number of anilines is 1. The number of carbonyl (C=O) groups excluding carboxylic acids is 1. The van der Waals surface area contributed by atoms with Crippen LogP contribution < -0.4 is 15.0 Å². The van der Waals surface area contributed by atoms with Gasteiger partial charge in [-0.05, 0) is 67.2 Å². The summed E-state index contributed by atoms with van der Waals surface area (Å²) in [5.74, 6) is 1.34. The summed E-state index contributed by atoms with van der Waals surface area (Å²) in [5, 5.41) is 3.37. The van der Waals surface area contributed by atoms with Crippen LogP contribution in [0.3, 0.4) is 0 Å². The maximum absolute atomic E-state index is 12.8. The fraction of sp³-hybridized carbons (Fsp3) is 0.578. The number of nitrogens with one attached hydrogen (secondary N) is 1. The van der Waals surface area contributed by atoms with Gasteiger partial charge in [-0.2, -0.15) is 0 Å². The summed E-state index contributed by atoms with van der Waals surface area (Å²) in [6.45, 7) is 29.4. The first-order valence-electron chi connectivity index (χ1n) is 19.8. The van der Waals surface area contributed by atoms with Gasteiger partial charge >= 0.3 is 5.97 Å². The SMILES string of the molecule is C=C(NC(Cc1ccc(OCCC)cc1)C(=O)OC)c1ccc2c(c1)N(CCO/C=C/C(C)OC)C(/C=C/C)C2C(C)CC.CC.CC.CCCC. The molecule has 0 saturated heterocycles. The molecular formula is C45H74N2O5. The second kappa shape index (κ2) is 28.8.